The fourth-order valence-electron chi connectivity index (χ4n) is 3.06. The minimum absolute atomic E-state index is 0.0161. The second kappa shape index (κ2) is 11.4. The Bertz CT molecular complexity index is 1190. The summed E-state index contributed by atoms with van der Waals surface area (Å²) in [7, 11) is -3.77. The Kier molecular flexibility index (Phi) is 8.34. The van der Waals surface area contributed by atoms with Gasteiger partial charge < -0.3 is 10.1 Å². The van der Waals surface area contributed by atoms with E-state index < -0.39 is 10.0 Å². The van der Waals surface area contributed by atoms with E-state index in [4.69, 9.17) is 4.74 Å². The van der Waals surface area contributed by atoms with Crippen LogP contribution in [0, 0.1) is 0 Å². The van der Waals surface area contributed by atoms with Gasteiger partial charge in [-0.05, 0) is 30.7 Å². The number of hydrogen-bond donors (Lipinski definition) is 2. The largest absolute Gasteiger partial charge is 0.489 e. The molecule has 0 aliphatic carbocycles. The summed E-state index contributed by atoms with van der Waals surface area (Å²) in [4.78, 5) is 23.6. The highest BCUT2D eigenvalue weighted by Crippen LogP contribution is 2.19. The maximum atomic E-state index is 12.4. The summed E-state index contributed by atoms with van der Waals surface area (Å²) in [6.07, 6.45) is -0.0161. The molecule has 8 heteroatoms. The first-order valence-corrected chi connectivity index (χ1v) is 12.0. The number of hydrogen-bond acceptors (Lipinski definition) is 5. The van der Waals surface area contributed by atoms with Gasteiger partial charge in [-0.1, -0.05) is 60.7 Å². The third kappa shape index (κ3) is 7.27. The van der Waals surface area contributed by atoms with E-state index in [2.05, 4.69) is 10.0 Å². The Morgan fingerprint density at radius 2 is 1.55 bits per heavy atom. The highest BCUT2D eigenvalue weighted by Gasteiger charge is 2.15. The summed E-state index contributed by atoms with van der Waals surface area (Å²) in [5.74, 6) is 0.245. The molecule has 3 aromatic carbocycles. The van der Waals surface area contributed by atoms with Crippen LogP contribution in [0.25, 0.3) is 0 Å². The van der Waals surface area contributed by atoms with Crippen LogP contribution in [0.2, 0.25) is 0 Å². The van der Waals surface area contributed by atoms with Gasteiger partial charge in [0.15, 0.2) is 5.78 Å². The highest BCUT2D eigenvalue weighted by molar-refractivity contribution is 7.89. The van der Waals surface area contributed by atoms with Gasteiger partial charge in [0.1, 0.15) is 12.4 Å². The van der Waals surface area contributed by atoms with Crippen LogP contribution in [-0.2, 0) is 28.0 Å². The molecule has 2 N–H and O–H groups in total. The van der Waals surface area contributed by atoms with E-state index in [1.165, 1.54) is 31.2 Å². The molecule has 0 aliphatic heterocycles. The van der Waals surface area contributed by atoms with E-state index in [0.29, 0.717) is 17.9 Å². The van der Waals surface area contributed by atoms with Crippen molar-refractivity contribution in [2.24, 2.45) is 0 Å². The van der Waals surface area contributed by atoms with Crippen LogP contribution in [-0.4, -0.2) is 26.7 Å². The van der Waals surface area contributed by atoms with Gasteiger partial charge in [0, 0.05) is 30.6 Å². The molecule has 0 unspecified atom stereocenters. The van der Waals surface area contributed by atoms with Crippen molar-refractivity contribution in [2.45, 2.75) is 31.4 Å². The zero-order valence-electron chi connectivity index (χ0n) is 18.3. The molecular weight excluding hydrogens is 440 g/mol. The average Bonchev–Trinajstić information content (AvgIpc) is 2.82. The van der Waals surface area contributed by atoms with Crippen LogP contribution < -0.4 is 14.8 Å². The molecule has 0 spiro atoms. The van der Waals surface area contributed by atoms with Crippen molar-refractivity contribution < 1.29 is 22.7 Å². The molecule has 1 amide bonds. The Morgan fingerprint density at radius 3 is 2.24 bits per heavy atom. The van der Waals surface area contributed by atoms with Gasteiger partial charge >= 0.3 is 0 Å². The van der Waals surface area contributed by atoms with E-state index in [9.17, 15) is 18.0 Å². The molecule has 0 atom stereocenters. The number of sulfonamides is 1. The van der Waals surface area contributed by atoms with Crippen LogP contribution in [0.15, 0.2) is 83.8 Å². The molecule has 0 aromatic heterocycles. The molecule has 0 heterocycles. The lowest BCUT2D eigenvalue weighted by molar-refractivity contribution is -0.121. The highest BCUT2D eigenvalue weighted by atomic mass is 32.2. The Morgan fingerprint density at radius 1 is 0.879 bits per heavy atom. The number of ether oxygens (including phenoxy) is 1. The van der Waals surface area contributed by atoms with Gasteiger partial charge in [-0.2, -0.15) is 0 Å². The van der Waals surface area contributed by atoms with Crippen LogP contribution in [0.5, 0.6) is 5.75 Å². The van der Waals surface area contributed by atoms with Gasteiger partial charge in [0.25, 0.3) is 0 Å². The average molecular weight is 467 g/mol. The summed E-state index contributed by atoms with van der Waals surface area (Å²) in [5.41, 5.74) is 2.30. The molecule has 3 rings (SSSR count). The van der Waals surface area contributed by atoms with Crippen molar-refractivity contribution in [1.29, 1.82) is 0 Å². The predicted octanol–water partition coefficient (Wildman–Crippen LogP) is 3.45. The minimum atomic E-state index is -3.77. The maximum absolute atomic E-state index is 12.4. The van der Waals surface area contributed by atoms with Crippen molar-refractivity contribution in [3.8, 4) is 5.75 Å². The topological polar surface area (TPSA) is 102 Å². The summed E-state index contributed by atoms with van der Waals surface area (Å²) >= 11 is 0. The Balaban J connectivity index is 1.47. The van der Waals surface area contributed by atoms with Crippen molar-refractivity contribution >= 4 is 21.7 Å². The minimum Gasteiger partial charge on any atom is -0.489 e. The Hall–Kier alpha value is -3.49. The second-order valence-corrected chi connectivity index (χ2v) is 9.15. The molecule has 0 saturated carbocycles. The molecule has 0 radical (unpaired) electrons. The molecule has 172 valence electrons. The van der Waals surface area contributed by atoms with E-state index in [1.807, 2.05) is 54.6 Å². The second-order valence-electron chi connectivity index (χ2n) is 7.39. The third-order valence-corrected chi connectivity index (χ3v) is 6.38. The smallest absolute Gasteiger partial charge is 0.240 e. The summed E-state index contributed by atoms with van der Waals surface area (Å²) in [6, 6.07) is 22.9. The monoisotopic (exact) mass is 466 g/mol. The molecule has 0 aliphatic rings. The van der Waals surface area contributed by atoms with Crippen molar-refractivity contribution in [3.63, 3.8) is 0 Å². The Labute approximate surface area is 193 Å². The molecule has 33 heavy (non-hydrogen) atoms. The number of nitrogens with one attached hydrogen (secondary N) is 2. The zero-order chi connectivity index (χ0) is 23.7. The lowest BCUT2D eigenvalue weighted by atomic mass is 10.2. The fourth-order valence-corrected chi connectivity index (χ4v) is 4.09. The molecule has 0 bridgehead atoms. The van der Waals surface area contributed by atoms with Gasteiger partial charge in [0.2, 0.25) is 15.9 Å². The summed E-state index contributed by atoms with van der Waals surface area (Å²) in [6.45, 7) is 2.05. The standard InChI is InChI=1S/C25H26N2O5S/c1-19(28)21-11-13-23(14-12-21)33(30,31)27-16-15-25(29)26-17-22-9-5-6-10-24(22)32-18-20-7-3-2-4-8-20/h2-14,27H,15-18H2,1H3,(H,26,29). The number of para-hydroxylation sites is 1. The first-order valence-electron chi connectivity index (χ1n) is 10.5. The van der Waals surface area contributed by atoms with Gasteiger partial charge in [0.05, 0.1) is 4.90 Å². The van der Waals surface area contributed by atoms with Gasteiger partial charge in [-0.25, -0.2) is 13.1 Å². The van der Waals surface area contributed by atoms with E-state index >= 15 is 0 Å². The fraction of sp³-hybridized carbons (Fsp3) is 0.200. The molecule has 0 fully saturated rings. The summed E-state index contributed by atoms with van der Waals surface area (Å²) < 4.78 is 33.0. The van der Waals surface area contributed by atoms with Crippen LogP contribution in [0.3, 0.4) is 0 Å². The van der Waals surface area contributed by atoms with Crippen LogP contribution >= 0.6 is 0 Å². The quantitative estimate of drug-likeness (QED) is 0.422. The number of ketones is 1. The van der Waals surface area contributed by atoms with Crippen molar-refractivity contribution in [2.75, 3.05) is 6.54 Å². The SMILES string of the molecule is CC(=O)c1ccc(S(=O)(=O)NCCC(=O)NCc2ccccc2OCc2ccccc2)cc1. The number of carbonyl (C=O) groups excluding carboxylic acids is 2. The van der Waals surface area contributed by atoms with Crippen LogP contribution in [0.4, 0.5) is 0 Å². The normalized spacial score (nSPS) is 11.1. The molecule has 0 saturated heterocycles. The maximum Gasteiger partial charge on any atom is 0.240 e. The van der Waals surface area contributed by atoms with Crippen LogP contribution in [0.1, 0.15) is 34.8 Å². The van der Waals surface area contributed by atoms with Gasteiger partial charge in [-0.15, -0.1) is 0 Å². The number of rotatable bonds is 11. The van der Waals surface area contributed by atoms with Crippen molar-refractivity contribution in [3.05, 3.63) is 95.6 Å². The first kappa shape index (κ1) is 24.2. The third-order valence-electron chi connectivity index (χ3n) is 4.90. The first-order chi connectivity index (χ1) is 15.8. The zero-order valence-corrected chi connectivity index (χ0v) is 19.1. The van der Waals surface area contributed by atoms with E-state index in [-0.39, 0.29) is 36.1 Å². The number of amides is 1. The molecule has 7 nitrogen and oxygen atoms in total. The number of benzene rings is 3. The number of Topliss-reactive ketones (excluding diaryl/α,β-unsaturated/α-hetero) is 1. The van der Waals surface area contributed by atoms with E-state index in [1.54, 1.807) is 0 Å². The summed E-state index contributed by atoms with van der Waals surface area (Å²) in [5, 5.41) is 2.79. The predicted molar refractivity (Wildman–Crippen MR) is 125 cm³/mol. The lowest BCUT2D eigenvalue weighted by Crippen LogP contribution is -2.30. The van der Waals surface area contributed by atoms with Crippen molar-refractivity contribution in [1.82, 2.24) is 10.0 Å². The number of carbonyl (C=O) groups is 2. The van der Waals surface area contributed by atoms with E-state index in [0.717, 1.165) is 11.1 Å². The molecule has 3 aromatic rings. The van der Waals surface area contributed by atoms with Gasteiger partial charge in [-0.3, -0.25) is 9.59 Å². The lowest BCUT2D eigenvalue weighted by Gasteiger charge is -2.12. The molecular formula is C25H26N2O5S.